The summed E-state index contributed by atoms with van der Waals surface area (Å²) in [5, 5.41) is 12.4. The van der Waals surface area contributed by atoms with Gasteiger partial charge >= 0.3 is 12.0 Å². The summed E-state index contributed by atoms with van der Waals surface area (Å²) < 4.78 is 0. The molecule has 2 N–H and O–H groups in total. The number of urea groups is 1. The average Bonchev–Trinajstić information content (AvgIpc) is 2.85. The second kappa shape index (κ2) is 5.21. The topological polar surface area (TPSA) is 69.6 Å². The highest BCUT2D eigenvalue weighted by atomic mass is 32.1. The quantitative estimate of drug-likeness (QED) is 0.876. The van der Waals surface area contributed by atoms with Gasteiger partial charge in [-0.1, -0.05) is 6.92 Å². The lowest BCUT2D eigenvalue weighted by molar-refractivity contribution is 0.0697. The number of carbonyl (C=O) groups is 2. The molecule has 0 radical (unpaired) electrons. The van der Waals surface area contributed by atoms with E-state index in [1.165, 1.54) is 11.3 Å². The van der Waals surface area contributed by atoms with Crippen LogP contribution in [0, 0.1) is 19.8 Å². The Hall–Kier alpha value is -1.56. The van der Waals surface area contributed by atoms with Crippen LogP contribution in [0.1, 0.15) is 34.1 Å². The second-order valence-electron chi connectivity index (χ2n) is 5.06. The maximum absolute atomic E-state index is 12.1. The van der Waals surface area contributed by atoms with E-state index in [0.29, 0.717) is 10.9 Å². The fraction of sp³-hybridized carbons (Fsp3) is 0.538. The van der Waals surface area contributed by atoms with Crippen LogP contribution in [0.2, 0.25) is 0 Å². The molecule has 0 aliphatic carbocycles. The number of carbonyl (C=O) groups excluding carboxylic acids is 1. The minimum absolute atomic E-state index is 0.201. The lowest BCUT2D eigenvalue weighted by Gasteiger charge is -2.16. The lowest BCUT2D eigenvalue weighted by atomic mass is 10.1. The monoisotopic (exact) mass is 282 g/mol. The Balaban J connectivity index is 2.17. The zero-order valence-electron chi connectivity index (χ0n) is 11.3. The smallest absolute Gasteiger partial charge is 0.338 e. The molecule has 0 aromatic carbocycles. The number of nitrogens with one attached hydrogen (secondary N) is 1. The van der Waals surface area contributed by atoms with Crippen molar-refractivity contribution in [1.29, 1.82) is 0 Å². The van der Waals surface area contributed by atoms with Crippen molar-refractivity contribution in [3.63, 3.8) is 0 Å². The van der Waals surface area contributed by atoms with E-state index < -0.39 is 5.97 Å². The van der Waals surface area contributed by atoms with E-state index in [2.05, 4.69) is 12.2 Å². The Labute approximate surface area is 116 Å². The molecule has 0 saturated carbocycles. The van der Waals surface area contributed by atoms with E-state index in [1.807, 2.05) is 6.92 Å². The van der Waals surface area contributed by atoms with Gasteiger partial charge in [0.25, 0.3) is 0 Å². The zero-order valence-corrected chi connectivity index (χ0v) is 12.1. The number of carboxylic acids is 1. The highest BCUT2D eigenvalue weighted by molar-refractivity contribution is 7.16. The number of anilines is 1. The van der Waals surface area contributed by atoms with Gasteiger partial charge in [-0.2, -0.15) is 0 Å². The largest absolute Gasteiger partial charge is 0.478 e. The van der Waals surface area contributed by atoms with E-state index in [0.717, 1.165) is 30.0 Å². The minimum Gasteiger partial charge on any atom is -0.478 e. The summed E-state index contributed by atoms with van der Waals surface area (Å²) in [7, 11) is 0. The first-order valence-electron chi connectivity index (χ1n) is 6.29. The fourth-order valence-electron chi connectivity index (χ4n) is 2.27. The summed E-state index contributed by atoms with van der Waals surface area (Å²) in [5.74, 6) is -0.483. The maximum Gasteiger partial charge on any atom is 0.338 e. The third-order valence-electron chi connectivity index (χ3n) is 3.53. The van der Waals surface area contributed by atoms with Gasteiger partial charge in [0.05, 0.1) is 5.56 Å². The number of amides is 2. The molecule has 1 aromatic rings. The molecule has 1 saturated heterocycles. The summed E-state index contributed by atoms with van der Waals surface area (Å²) in [5.41, 5.74) is 0.936. The fourth-order valence-corrected chi connectivity index (χ4v) is 3.31. The van der Waals surface area contributed by atoms with Crippen molar-refractivity contribution in [3.05, 3.63) is 16.0 Å². The van der Waals surface area contributed by atoms with Gasteiger partial charge in [-0.3, -0.25) is 5.32 Å². The molecule has 1 aliphatic rings. The Morgan fingerprint density at radius 1 is 1.42 bits per heavy atom. The molecule has 0 spiro atoms. The Morgan fingerprint density at radius 3 is 2.63 bits per heavy atom. The number of hydrogen-bond acceptors (Lipinski definition) is 3. The van der Waals surface area contributed by atoms with E-state index in [1.54, 1.807) is 11.8 Å². The van der Waals surface area contributed by atoms with Crippen LogP contribution in [0.25, 0.3) is 0 Å². The van der Waals surface area contributed by atoms with Crippen LogP contribution < -0.4 is 5.32 Å². The molecular weight excluding hydrogens is 264 g/mol. The molecule has 5 nitrogen and oxygen atoms in total. The minimum atomic E-state index is -0.994. The summed E-state index contributed by atoms with van der Waals surface area (Å²) in [4.78, 5) is 26.0. The molecule has 2 rings (SSSR count). The molecule has 6 heteroatoms. The molecule has 1 aromatic heterocycles. The van der Waals surface area contributed by atoms with Crippen LogP contribution in [0.4, 0.5) is 9.80 Å². The number of aromatic carboxylic acids is 1. The van der Waals surface area contributed by atoms with Crippen molar-refractivity contribution in [2.45, 2.75) is 27.2 Å². The number of nitrogens with zero attached hydrogens (tertiary/aromatic N) is 1. The number of thiophene rings is 1. The predicted molar refractivity (Wildman–Crippen MR) is 75.1 cm³/mol. The molecule has 1 aliphatic heterocycles. The molecule has 1 atom stereocenters. The lowest BCUT2D eigenvalue weighted by Crippen LogP contribution is -2.32. The van der Waals surface area contributed by atoms with Crippen molar-refractivity contribution in [1.82, 2.24) is 4.90 Å². The summed E-state index contributed by atoms with van der Waals surface area (Å²) >= 11 is 1.32. The molecule has 104 valence electrons. The van der Waals surface area contributed by atoms with Gasteiger partial charge in [0, 0.05) is 18.0 Å². The van der Waals surface area contributed by atoms with E-state index in [-0.39, 0.29) is 11.6 Å². The first-order chi connectivity index (χ1) is 8.90. The highest BCUT2D eigenvalue weighted by Crippen LogP contribution is 2.32. The number of carboxylic acid groups (broad SMARTS) is 1. The molecule has 2 heterocycles. The van der Waals surface area contributed by atoms with Gasteiger partial charge in [0.1, 0.15) is 5.00 Å². The Kier molecular flexibility index (Phi) is 3.80. The number of hydrogen-bond donors (Lipinski definition) is 2. The third kappa shape index (κ3) is 2.73. The summed E-state index contributed by atoms with van der Waals surface area (Å²) in [6.07, 6.45) is 1.00. The van der Waals surface area contributed by atoms with Crippen LogP contribution in [0.15, 0.2) is 0 Å². The van der Waals surface area contributed by atoms with E-state index in [9.17, 15) is 14.7 Å². The number of aryl methyl sites for hydroxylation is 1. The van der Waals surface area contributed by atoms with Gasteiger partial charge in [-0.15, -0.1) is 11.3 Å². The second-order valence-corrected chi connectivity index (χ2v) is 6.29. The van der Waals surface area contributed by atoms with Crippen LogP contribution in [-0.4, -0.2) is 35.1 Å². The van der Waals surface area contributed by atoms with Crippen molar-refractivity contribution >= 4 is 28.3 Å². The summed E-state index contributed by atoms with van der Waals surface area (Å²) in [6, 6.07) is -0.201. The normalized spacial score (nSPS) is 18.7. The van der Waals surface area contributed by atoms with Crippen LogP contribution in [-0.2, 0) is 0 Å². The zero-order chi connectivity index (χ0) is 14.2. The number of rotatable bonds is 2. The molecule has 1 unspecified atom stereocenters. The standard InChI is InChI=1S/C13H18N2O3S/c1-7-4-5-15(6-7)13(18)14-11-10(12(16)17)8(2)9(3)19-11/h7H,4-6H2,1-3H3,(H,14,18)(H,16,17). The SMILES string of the molecule is Cc1sc(NC(=O)N2CCC(C)C2)c(C(=O)O)c1C. The molecule has 0 bridgehead atoms. The van der Waals surface area contributed by atoms with E-state index in [4.69, 9.17) is 0 Å². The van der Waals surface area contributed by atoms with Crippen LogP contribution in [0.3, 0.4) is 0 Å². The Bertz CT molecular complexity index is 524. The first-order valence-corrected chi connectivity index (χ1v) is 7.11. The van der Waals surface area contributed by atoms with Gasteiger partial charge in [0.15, 0.2) is 0 Å². The predicted octanol–water partition coefficient (Wildman–Crippen LogP) is 2.94. The highest BCUT2D eigenvalue weighted by Gasteiger charge is 2.26. The van der Waals surface area contributed by atoms with Crippen LogP contribution >= 0.6 is 11.3 Å². The van der Waals surface area contributed by atoms with Crippen LogP contribution in [0.5, 0.6) is 0 Å². The molecule has 19 heavy (non-hydrogen) atoms. The van der Waals surface area contributed by atoms with Crippen molar-refractivity contribution in [2.75, 3.05) is 18.4 Å². The average molecular weight is 282 g/mol. The van der Waals surface area contributed by atoms with Crippen molar-refractivity contribution < 1.29 is 14.7 Å². The Morgan fingerprint density at radius 2 is 2.11 bits per heavy atom. The third-order valence-corrected chi connectivity index (χ3v) is 4.65. The molecule has 2 amide bonds. The molecule has 1 fully saturated rings. The van der Waals surface area contributed by atoms with Crippen molar-refractivity contribution in [3.8, 4) is 0 Å². The van der Waals surface area contributed by atoms with Gasteiger partial charge < -0.3 is 10.0 Å². The molecular formula is C13H18N2O3S. The van der Waals surface area contributed by atoms with Crippen molar-refractivity contribution in [2.24, 2.45) is 5.92 Å². The number of likely N-dealkylation sites (tertiary alicyclic amines) is 1. The summed E-state index contributed by atoms with van der Waals surface area (Å²) in [6.45, 7) is 7.20. The van der Waals surface area contributed by atoms with E-state index >= 15 is 0 Å². The first kappa shape index (κ1) is 13.9. The van der Waals surface area contributed by atoms with Gasteiger partial charge in [-0.25, -0.2) is 9.59 Å². The van der Waals surface area contributed by atoms with Gasteiger partial charge in [0.2, 0.25) is 0 Å². The maximum atomic E-state index is 12.1. The van der Waals surface area contributed by atoms with Gasteiger partial charge in [-0.05, 0) is 31.7 Å².